The monoisotopic (exact) mass is 385 g/mol. The van der Waals surface area contributed by atoms with Gasteiger partial charge in [-0.05, 0) is 36.4 Å². The van der Waals surface area contributed by atoms with E-state index in [-0.39, 0.29) is 30.6 Å². The number of methoxy groups -OCH3 is 2. The number of nitrogens with zero attached hydrogens (tertiary/aromatic N) is 2. The van der Waals surface area contributed by atoms with Gasteiger partial charge in [0.2, 0.25) is 11.8 Å². The smallest absolute Gasteiger partial charge is 0.245 e. The van der Waals surface area contributed by atoms with E-state index >= 15 is 0 Å². The molecule has 2 aromatic rings. The lowest BCUT2D eigenvalue weighted by Crippen LogP contribution is -2.30. The summed E-state index contributed by atoms with van der Waals surface area (Å²) in [7, 11) is 3.05. The van der Waals surface area contributed by atoms with Crippen LogP contribution in [0, 0.1) is 11.7 Å². The molecule has 1 aliphatic rings. The number of hydrogen-bond acceptors (Lipinski definition) is 5. The summed E-state index contributed by atoms with van der Waals surface area (Å²) < 4.78 is 23.6. The highest BCUT2D eigenvalue weighted by molar-refractivity contribution is 6.00. The molecular weight excluding hydrogens is 365 g/mol. The lowest BCUT2D eigenvalue weighted by molar-refractivity contribution is -0.126. The quantitative estimate of drug-likeness (QED) is 0.611. The summed E-state index contributed by atoms with van der Waals surface area (Å²) in [6, 6.07) is 10.9. The van der Waals surface area contributed by atoms with Crippen LogP contribution < -0.4 is 19.8 Å². The highest BCUT2D eigenvalue weighted by Gasteiger charge is 2.35. The Morgan fingerprint density at radius 1 is 1.21 bits per heavy atom. The number of rotatable bonds is 6. The number of para-hydroxylation sites is 1. The van der Waals surface area contributed by atoms with Crippen molar-refractivity contribution in [1.82, 2.24) is 5.43 Å². The van der Waals surface area contributed by atoms with Crippen LogP contribution in [0.2, 0.25) is 0 Å². The molecule has 28 heavy (non-hydrogen) atoms. The summed E-state index contributed by atoms with van der Waals surface area (Å²) in [5, 5.41) is 3.97. The summed E-state index contributed by atoms with van der Waals surface area (Å²) in [5.41, 5.74) is 3.66. The van der Waals surface area contributed by atoms with Gasteiger partial charge < -0.3 is 14.4 Å². The minimum absolute atomic E-state index is 0.0706. The normalized spacial score (nSPS) is 16.5. The summed E-state index contributed by atoms with van der Waals surface area (Å²) in [5.74, 6) is -0.425. The van der Waals surface area contributed by atoms with E-state index in [2.05, 4.69) is 10.5 Å². The van der Waals surface area contributed by atoms with Crippen LogP contribution in [0.5, 0.6) is 11.5 Å². The average molecular weight is 385 g/mol. The number of benzene rings is 2. The zero-order valence-corrected chi connectivity index (χ0v) is 15.5. The van der Waals surface area contributed by atoms with Crippen LogP contribution in [-0.4, -0.2) is 38.8 Å². The first kappa shape index (κ1) is 19.3. The first-order valence-electron chi connectivity index (χ1n) is 8.63. The summed E-state index contributed by atoms with van der Waals surface area (Å²) in [6.45, 7) is 0.217. The van der Waals surface area contributed by atoms with E-state index in [0.717, 1.165) is 0 Å². The Morgan fingerprint density at radius 2 is 1.96 bits per heavy atom. The zero-order chi connectivity index (χ0) is 20.1. The number of nitrogens with one attached hydrogen (secondary N) is 1. The van der Waals surface area contributed by atoms with Crippen LogP contribution >= 0.6 is 0 Å². The van der Waals surface area contributed by atoms with Gasteiger partial charge in [-0.25, -0.2) is 9.82 Å². The third-order valence-corrected chi connectivity index (χ3v) is 4.45. The third kappa shape index (κ3) is 4.11. The van der Waals surface area contributed by atoms with Crippen molar-refractivity contribution in [2.24, 2.45) is 11.0 Å². The largest absolute Gasteiger partial charge is 0.493 e. The second-order valence-electron chi connectivity index (χ2n) is 6.20. The van der Waals surface area contributed by atoms with Gasteiger partial charge in [-0.1, -0.05) is 6.07 Å². The van der Waals surface area contributed by atoms with Gasteiger partial charge in [0.15, 0.2) is 11.5 Å². The predicted molar refractivity (Wildman–Crippen MR) is 102 cm³/mol. The summed E-state index contributed by atoms with van der Waals surface area (Å²) in [6.07, 6.45) is 1.52. The van der Waals surface area contributed by atoms with Gasteiger partial charge >= 0.3 is 0 Å². The second kappa shape index (κ2) is 8.51. The fourth-order valence-electron chi connectivity index (χ4n) is 3.02. The highest BCUT2D eigenvalue weighted by Crippen LogP contribution is 2.29. The molecule has 1 aliphatic heterocycles. The summed E-state index contributed by atoms with van der Waals surface area (Å²) in [4.78, 5) is 26.0. The van der Waals surface area contributed by atoms with Gasteiger partial charge in [0.1, 0.15) is 5.82 Å². The molecular formula is C20H20FN3O4. The Bertz CT molecular complexity index is 899. The third-order valence-electron chi connectivity index (χ3n) is 4.45. The van der Waals surface area contributed by atoms with E-state index in [1.165, 1.54) is 49.6 Å². The van der Waals surface area contributed by atoms with Gasteiger partial charge in [-0.3, -0.25) is 9.59 Å². The maximum Gasteiger partial charge on any atom is 0.245 e. The summed E-state index contributed by atoms with van der Waals surface area (Å²) >= 11 is 0. The second-order valence-corrected chi connectivity index (χ2v) is 6.20. The molecule has 3 rings (SSSR count). The molecule has 7 nitrogen and oxygen atoms in total. The lowest BCUT2D eigenvalue weighted by atomic mass is 10.1. The topological polar surface area (TPSA) is 80.2 Å². The molecule has 8 heteroatoms. The van der Waals surface area contributed by atoms with Crippen molar-refractivity contribution in [2.75, 3.05) is 25.7 Å². The minimum Gasteiger partial charge on any atom is -0.493 e. The molecule has 0 aromatic heterocycles. The molecule has 1 saturated heterocycles. The van der Waals surface area contributed by atoms with Gasteiger partial charge in [0.05, 0.1) is 26.4 Å². The van der Waals surface area contributed by atoms with Crippen molar-refractivity contribution in [2.45, 2.75) is 6.42 Å². The van der Waals surface area contributed by atoms with Crippen molar-refractivity contribution in [3.63, 3.8) is 0 Å². The first-order valence-corrected chi connectivity index (χ1v) is 8.63. The van der Waals surface area contributed by atoms with Crippen molar-refractivity contribution >= 4 is 23.7 Å². The molecule has 1 heterocycles. The van der Waals surface area contributed by atoms with Crippen molar-refractivity contribution in [1.29, 1.82) is 0 Å². The molecule has 0 aliphatic carbocycles. The Labute approximate surface area is 161 Å². The maximum absolute atomic E-state index is 13.1. The van der Waals surface area contributed by atoms with Crippen LogP contribution in [0.25, 0.3) is 0 Å². The molecule has 146 valence electrons. The molecule has 1 atom stereocenters. The van der Waals surface area contributed by atoms with Crippen LogP contribution in [0.3, 0.4) is 0 Å². The number of halogens is 1. The highest BCUT2D eigenvalue weighted by atomic mass is 19.1. The van der Waals surface area contributed by atoms with E-state index in [1.807, 2.05) is 0 Å². The molecule has 1 N–H and O–H groups in total. The van der Waals surface area contributed by atoms with E-state index in [9.17, 15) is 14.0 Å². The molecule has 1 fully saturated rings. The fraction of sp³-hybridized carbons (Fsp3) is 0.250. The Kier molecular flexibility index (Phi) is 5.88. The standard InChI is InChI=1S/C20H20FN3O4/c1-27-17-5-3-4-13(19(17)28-2)11-22-23-20(26)14-10-18(25)24(12-14)16-8-6-15(21)7-9-16/h3-9,11,14H,10,12H2,1-2H3,(H,23,26)/b22-11-/t14-/m1/s1. The van der Waals surface area contributed by atoms with E-state index in [0.29, 0.717) is 22.7 Å². The molecule has 0 unspecified atom stereocenters. The van der Waals surface area contributed by atoms with Crippen LogP contribution in [0.15, 0.2) is 47.6 Å². The number of amides is 2. The zero-order valence-electron chi connectivity index (χ0n) is 15.5. The van der Waals surface area contributed by atoms with Crippen molar-refractivity contribution < 1.29 is 23.5 Å². The molecule has 0 spiro atoms. The number of ether oxygens (including phenoxy) is 2. The number of anilines is 1. The van der Waals surface area contributed by atoms with Crippen molar-refractivity contribution in [3.8, 4) is 11.5 Å². The predicted octanol–water partition coefficient (Wildman–Crippen LogP) is 2.35. The van der Waals surface area contributed by atoms with Crippen molar-refractivity contribution in [3.05, 3.63) is 53.8 Å². The number of hydrogen-bond donors (Lipinski definition) is 1. The van der Waals surface area contributed by atoms with E-state index in [1.54, 1.807) is 18.2 Å². The maximum atomic E-state index is 13.1. The number of carbonyl (C=O) groups excluding carboxylic acids is 2. The molecule has 2 aromatic carbocycles. The van der Waals surface area contributed by atoms with E-state index < -0.39 is 5.92 Å². The van der Waals surface area contributed by atoms with Gasteiger partial charge in [-0.2, -0.15) is 5.10 Å². The average Bonchev–Trinajstić information content (AvgIpc) is 3.10. The molecule has 0 saturated carbocycles. The first-order chi connectivity index (χ1) is 13.5. The Balaban J connectivity index is 1.64. The lowest BCUT2D eigenvalue weighted by Gasteiger charge is -2.16. The van der Waals surface area contributed by atoms with Crippen LogP contribution in [0.1, 0.15) is 12.0 Å². The SMILES string of the molecule is COc1cccc(/C=N\NC(=O)[C@@H]2CC(=O)N(c3ccc(F)cc3)C2)c1OC. The van der Waals surface area contributed by atoms with Crippen LogP contribution in [-0.2, 0) is 9.59 Å². The molecule has 0 radical (unpaired) electrons. The minimum atomic E-state index is -0.540. The Hall–Kier alpha value is -3.42. The number of carbonyl (C=O) groups is 2. The molecule has 2 amide bonds. The molecule has 0 bridgehead atoms. The number of hydrazone groups is 1. The van der Waals surface area contributed by atoms with Gasteiger partial charge in [0.25, 0.3) is 0 Å². The fourth-order valence-corrected chi connectivity index (χ4v) is 3.02. The van der Waals surface area contributed by atoms with E-state index in [4.69, 9.17) is 9.47 Å². The van der Waals surface area contributed by atoms with Gasteiger partial charge in [0, 0.05) is 24.2 Å². The van der Waals surface area contributed by atoms with Gasteiger partial charge in [-0.15, -0.1) is 0 Å². The van der Waals surface area contributed by atoms with Crippen LogP contribution in [0.4, 0.5) is 10.1 Å². The Morgan fingerprint density at radius 3 is 2.64 bits per heavy atom.